The maximum Gasteiger partial charge on any atom is 0.228 e. The molecule has 1 amide bonds. The van der Waals surface area contributed by atoms with Crippen molar-refractivity contribution in [2.24, 2.45) is 11.8 Å². The number of hydrogen-bond donors (Lipinski definition) is 3. The smallest absolute Gasteiger partial charge is 0.228 e. The average Bonchev–Trinajstić information content (AvgIpc) is 3.50. The normalized spacial score (nSPS) is 29.2. The van der Waals surface area contributed by atoms with Gasteiger partial charge in [0.05, 0.1) is 18.1 Å². The molecule has 1 aromatic carbocycles. The van der Waals surface area contributed by atoms with Crippen molar-refractivity contribution in [1.82, 2.24) is 29.9 Å². The Hall–Kier alpha value is -2.76. The van der Waals surface area contributed by atoms with Crippen molar-refractivity contribution in [3.05, 3.63) is 35.9 Å². The minimum atomic E-state index is -1.16. The molecule has 1 saturated heterocycles. The lowest BCUT2D eigenvalue weighted by molar-refractivity contribution is -0.141. The summed E-state index contributed by atoms with van der Waals surface area (Å²) >= 11 is 1.57. The van der Waals surface area contributed by atoms with Gasteiger partial charge >= 0.3 is 0 Å². The zero-order valence-electron chi connectivity index (χ0n) is 22.5. The van der Waals surface area contributed by atoms with Gasteiger partial charge in [-0.05, 0) is 43.6 Å². The quantitative estimate of drug-likeness (QED) is 0.285. The number of piperidine rings is 1. The molecule has 1 aliphatic heterocycles. The van der Waals surface area contributed by atoms with Crippen molar-refractivity contribution in [1.29, 1.82) is 0 Å². The SMILES string of the molecule is CCCSc1nc(NC2CC2c2ccccc2)c2nnn(C3C[C@H](C(=O)N4CCC(C)CC4)[C@@H](O)[C@H]3O)c2n1. The average molecular weight is 552 g/mol. The minimum absolute atomic E-state index is 0.0859. The number of thioether (sulfide) groups is 1. The van der Waals surface area contributed by atoms with E-state index in [1.165, 1.54) is 5.56 Å². The lowest BCUT2D eigenvalue weighted by Crippen LogP contribution is -2.44. The zero-order chi connectivity index (χ0) is 27.1. The Morgan fingerprint density at radius 2 is 1.87 bits per heavy atom. The van der Waals surface area contributed by atoms with Crippen LogP contribution in [0.3, 0.4) is 0 Å². The van der Waals surface area contributed by atoms with Gasteiger partial charge in [-0.2, -0.15) is 0 Å². The highest BCUT2D eigenvalue weighted by Gasteiger charge is 2.48. The molecule has 3 aromatic rings. The second-order valence-electron chi connectivity index (χ2n) is 11.3. The Bertz CT molecular complexity index is 1310. The molecule has 39 heavy (non-hydrogen) atoms. The molecule has 0 radical (unpaired) electrons. The van der Waals surface area contributed by atoms with Crippen LogP contribution >= 0.6 is 11.8 Å². The number of amides is 1. The summed E-state index contributed by atoms with van der Waals surface area (Å²) in [5, 5.41) is 35.0. The van der Waals surface area contributed by atoms with Crippen LogP contribution in [0.15, 0.2) is 35.5 Å². The molecule has 3 fully saturated rings. The molecule has 208 valence electrons. The maximum absolute atomic E-state index is 13.3. The molecule has 2 aliphatic carbocycles. The van der Waals surface area contributed by atoms with Gasteiger partial charge in [-0.15, -0.1) is 5.10 Å². The van der Waals surface area contributed by atoms with Crippen LogP contribution in [0.25, 0.3) is 11.2 Å². The fourth-order valence-electron chi connectivity index (χ4n) is 5.95. The first-order valence-electron chi connectivity index (χ1n) is 14.2. The van der Waals surface area contributed by atoms with E-state index in [2.05, 4.69) is 53.7 Å². The van der Waals surface area contributed by atoms with E-state index >= 15 is 0 Å². The molecule has 3 heterocycles. The summed E-state index contributed by atoms with van der Waals surface area (Å²) in [6.07, 6.45) is 1.90. The van der Waals surface area contributed by atoms with Gasteiger partial charge in [0, 0.05) is 30.8 Å². The minimum Gasteiger partial charge on any atom is -0.390 e. The molecule has 6 rings (SSSR count). The lowest BCUT2D eigenvalue weighted by Gasteiger charge is -2.32. The maximum atomic E-state index is 13.3. The number of nitrogens with one attached hydrogen (secondary N) is 1. The molecular formula is C28H37N7O3S. The van der Waals surface area contributed by atoms with E-state index < -0.39 is 24.2 Å². The molecule has 11 heteroatoms. The van der Waals surface area contributed by atoms with Crippen LogP contribution in [0.5, 0.6) is 0 Å². The van der Waals surface area contributed by atoms with Crippen molar-refractivity contribution >= 4 is 34.7 Å². The molecule has 6 atom stereocenters. The Kier molecular flexibility index (Phi) is 7.47. The van der Waals surface area contributed by atoms with Crippen LogP contribution in [0.2, 0.25) is 0 Å². The number of carbonyl (C=O) groups is 1. The van der Waals surface area contributed by atoms with E-state index in [1.54, 1.807) is 16.4 Å². The van der Waals surface area contributed by atoms with Gasteiger partial charge < -0.3 is 20.4 Å². The molecule has 3 aliphatic rings. The summed E-state index contributed by atoms with van der Waals surface area (Å²) in [7, 11) is 0. The Balaban J connectivity index is 1.26. The van der Waals surface area contributed by atoms with E-state index in [4.69, 9.17) is 9.97 Å². The summed E-state index contributed by atoms with van der Waals surface area (Å²) in [6.45, 7) is 5.70. The number of hydrogen-bond acceptors (Lipinski definition) is 9. The number of fused-ring (bicyclic) bond motifs is 1. The predicted molar refractivity (Wildman–Crippen MR) is 149 cm³/mol. The Morgan fingerprint density at radius 3 is 2.62 bits per heavy atom. The Labute approximate surface area is 232 Å². The highest BCUT2D eigenvalue weighted by Crippen LogP contribution is 2.44. The largest absolute Gasteiger partial charge is 0.390 e. The van der Waals surface area contributed by atoms with Crippen molar-refractivity contribution < 1.29 is 15.0 Å². The number of nitrogens with zero attached hydrogens (tertiary/aromatic N) is 6. The fraction of sp³-hybridized carbons (Fsp3) is 0.607. The van der Waals surface area contributed by atoms with Crippen molar-refractivity contribution in [3.8, 4) is 0 Å². The number of rotatable bonds is 8. The predicted octanol–water partition coefficient (Wildman–Crippen LogP) is 3.23. The third-order valence-corrected chi connectivity index (χ3v) is 9.51. The summed E-state index contributed by atoms with van der Waals surface area (Å²) in [5.74, 6) is 1.76. The molecule has 2 aromatic heterocycles. The van der Waals surface area contributed by atoms with Crippen LogP contribution in [0.1, 0.15) is 63.5 Å². The Morgan fingerprint density at radius 1 is 1.10 bits per heavy atom. The van der Waals surface area contributed by atoms with Gasteiger partial charge in [0.25, 0.3) is 0 Å². The van der Waals surface area contributed by atoms with Gasteiger partial charge in [-0.25, -0.2) is 14.6 Å². The first kappa shape index (κ1) is 26.5. The number of carbonyl (C=O) groups excluding carboxylic acids is 1. The summed E-state index contributed by atoms with van der Waals surface area (Å²) < 4.78 is 1.60. The molecule has 0 spiro atoms. The van der Waals surface area contributed by atoms with E-state index in [1.807, 2.05) is 11.0 Å². The summed E-state index contributed by atoms with van der Waals surface area (Å²) in [6, 6.07) is 10.1. The van der Waals surface area contributed by atoms with E-state index in [-0.39, 0.29) is 18.4 Å². The number of anilines is 1. The van der Waals surface area contributed by atoms with Crippen LogP contribution in [-0.4, -0.2) is 83.1 Å². The number of benzene rings is 1. The molecule has 3 N–H and O–H groups in total. The second kappa shape index (κ2) is 11.0. The number of aliphatic hydroxyl groups excluding tert-OH is 2. The van der Waals surface area contributed by atoms with Crippen molar-refractivity contribution in [3.63, 3.8) is 0 Å². The molecule has 3 unspecified atom stereocenters. The summed E-state index contributed by atoms with van der Waals surface area (Å²) in [5.41, 5.74) is 2.35. The third kappa shape index (κ3) is 5.24. The van der Waals surface area contributed by atoms with Crippen LogP contribution in [0, 0.1) is 11.8 Å². The zero-order valence-corrected chi connectivity index (χ0v) is 23.3. The van der Waals surface area contributed by atoms with E-state index in [0.29, 0.717) is 47.1 Å². The van der Waals surface area contributed by atoms with Gasteiger partial charge in [-0.3, -0.25) is 4.79 Å². The number of aromatic nitrogens is 5. The van der Waals surface area contributed by atoms with Crippen molar-refractivity contribution in [2.75, 3.05) is 24.2 Å². The first-order valence-corrected chi connectivity index (χ1v) is 15.1. The molecule has 0 bridgehead atoms. The topological polar surface area (TPSA) is 129 Å². The van der Waals surface area contributed by atoms with Crippen molar-refractivity contribution in [2.45, 2.75) is 81.3 Å². The molecule has 2 saturated carbocycles. The van der Waals surface area contributed by atoms with Gasteiger partial charge in [0.15, 0.2) is 22.1 Å². The van der Waals surface area contributed by atoms with E-state index in [9.17, 15) is 15.0 Å². The molecular weight excluding hydrogens is 514 g/mol. The lowest BCUT2D eigenvalue weighted by atomic mass is 9.96. The van der Waals surface area contributed by atoms with Gasteiger partial charge in [-0.1, -0.05) is 61.2 Å². The standard InChI is InChI=1S/C28H37N7O3S/c1-3-13-39-28-30-25(29-20-14-18(20)17-7-5-4-6-8-17)22-26(31-28)35(33-32-22)21-15-19(23(36)24(21)37)27(38)34-11-9-16(2)10-12-34/h4-8,16,18-21,23-24,36-37H,3,9-15H2,1-2H3,(H,29,30,31)/t18?,19-,20?,21?,23+,24-/m0/s1. The highest BCUT2D eigenvalue weighted by atomic mass is 32.2. The van der Waals surface area contributed by atoms with Crippen LogP contribution < -0.4 is 5.32 Å². The van der Waals surface area contributed by atoms with Gasteiger partial charge in [0.1, 0.15) is 6.10 Å². The van der Waals surface area contributed by atoms with E-state index in [0.717, 1.165) is 31.4 Å². The highest BCUT2D eigenvalue weighted by molar-refractivity contribution is 7.99. The third-order valence-electron chi connectivity index (χ3n) is 8.46. The van der Waals surface area contributed by atoms with Crippen LogP contribution in [-0.2, 0) is 4.79 Å². The fourth-order valence-corrected chi connectivity index (χ4v) is 6.64. The second-order valence-corrected chi connectivity index (χ2v) is 12.4. The van der Waals surface area contributed by atoms with Crippen LogP contribution in [0.4, 0.5) is 5.82 Å². The summed E-state index contributed by atoms with van der Waals surface area (Å²) in [4.78, 5) is 24.7. The number of aliphatic hydroxyl groups is 2. The number of likely N-dealkylation sites (tertiary alicyclic amines) is 1. The monoisotopic (exact) mass is 551 g/mol. The van der Waals surface area contributed by atoms with Gasteiger partial charge in [0.2, 0.25) is 5.91 Å². The molecule has 10 nitrogen and oxygen atoms in total. The first-order chi connectivity index (χ1) is 18.9.